The number of allylic oxidation sites excluding steroid dienone is 1. The lowest BCUT2D eigenvalue weighted by molar-refractivity contribution is 0.587. The molecule has 0 bridgehead atoms. The molecule has 11 heavy (non-hydrogen) atoms. The second kappa shape index (κ2) is 5.74. The van der Waals surface area contributed by atoms with E-state index >= 15 is 0 Å². The number of rotatable bonds is 5. The van der Waals surface area contributed by atoms with Gasteiger partial charge in [-0.3, -0.25) is 0 Å². The Hall–Kier alpha value is 0.130. The van der Waals surface area contributed by atoms with E-state index in [4.69, 9.17) is 0 Å². The molecule has 0 unspecified atom stereocenters. The summed E-state index contributed by atoms with van der Waals surface area (Å²) in [5, 5.41) is 0. The van der Waals surface area contributed by atoms with Crippen molar-refractivity contribution < 1.29 is 8.42 Å². The molecule has 0 aromatic heterocycles. The third-order valence-corrected chi connectivity index (χ3v) is 3.75. The van der Waals surface area contributed by atoms with E-state index in [9.17, 15) is 8.42 Å². The van der Waals surface area contributed by atoms with Crippen LogP contribution in [-0.2, 0) is 10.0 Å². The van der Waals surface area contributed by atoms with Gasteiger partial charge in [-0.25, -0.2) is 13.1 Å². The summed E-state index contributed by atoms with van der Waals surface area (Å²) in [5.74, 6) is 0. The monoisotopic (exact) mass is 241 g/mol. The molecular formula is C6H12BrNO2S. The van der Waals surface area contributed by atoms with Gasteiger partial charge in [-0.2, -0.15) is 0 Å². The Kier molecular flexibility index (Phi) is 5.81. The molecule has 0 saturated carbocycles. The predicted molar refractivity (Wildman–Crippen MR) is 50.1 cm³/mol. The predicted octanol–water partition coefficient (Wildman–Crippen LogP) is 1.22. The molecular weight excluding hydrogens is 230 g/mol. The van der Waals surface area contributed by atoms with Gasteiger partial charge in [0.1, 0.15) is 4.66 Å². The van der Waals surface area contributed by atoms with Crippen LogP contribution < -0.4 is 4.72 Å². The second-order valence-electron chi connectivity index (χ2n) is 1.98. The van der Waals surface area contributed by atoms with Crippen molar-refractivity contribution in [3.63, 3.8) is 0 Å². The number of nitrogens with one attached hydrogen (secondary N) is 1. The van der Waals surface area contributed by atoms with Crippen LogP contribution in [0.15, 0.2) is 12.2 Å². The topological polar surface area (TPSA) is 46.2 Å². The molecule has 0 saturated heterocycles. The van der Waals surface area contributed by atoms with Crippen LogP contribution in [0, 0.1) is 0 Å². The van der Waals surface area contributed by atoms with E-state index in [1.54, 1.807) is 0 Å². The average Bonchev–Trinajstić information content (AvgIpc) is 1.99. The van der Waals surface area contributed by atoms with E-state index in [0.717, 1.165) is 6.42 Å². The van der Waals surface area contributed by atoms with Gasteiger partial charge in [-0.05, 0) is 13.3 Å². The molecule has 0 rings (SSSR count). The van der Waals surface area contributed by atoms with Crippen LogP contribution in [-0.4, -0.2) is 19.6 Å². The minimum absolute atomic E-state index is 0.0319. The molecule has 0 radical (unpaired) electrons. The summed E-state index contributed by atoms with van der Waals surface area (Å²) < 4.78 is 23.9. The lowest BCUT2D eigenvalue weighted by Gasteiger charge is -1.99. The molecule has 0 aromatic rings. The van der Waals surface area contributed by atoms with Crippen molar-refractivity contribution in [3.05, 3.63) is 12.2 Å². The quantitative estimate of drug-likeness (QED) is 0.447. The summed E-state index contributed by atoms with van der Waals surface area (Å²) in [7, 11) is -3.07. The SMILES string of the molecule is C/C=C/CCNS(=O)(=O)CBr. The zero-order valence-corrected chi connectivity index (χ0v) is 8.78. The van der Waals surface area contributed by atoms with Gasteiger partial charge in [0.25, 0.3) is 0 Å². The summed E-state index contributed by atoms with van der Waals surface area (Å²) in [6, 6.07) is 0. The van der Waals surface area contributed by atoms with E-state index < -0.39 is 10.0 Å². The highest BCUT2D eigenvalue weighted by Gasteiger charge is 2.03. The van der Waals surface area contributed by atoms with Crippen LogP contribution in [0.4, 0.5) is 0 Å². The zero-order valence-electron chi connectivity index (χ0n) is 6.38. The van der Waals surface area contributed by atoms with Crippen molar-refractivity contribution >= 4 is 26.0 Å². The number of hydrogen-bond donors (Lipinski definition) is 1. The summed E-state index contributed by atoms with van der Waals surface area (Å²) in [4.78, 5) is 0. The normalized spacial score (nSPS) is 12.5. The van der Waals surface area contributed by atoms with Crippen LogP contribution in [0.1, 0.15) is 13.3 Å². The van der Waals surface area contributed by atoms with Crippen LogP contribution in [0.2, 0.25) is 0 Å². The maximum atomic E-state index is 10.8. The smallest absolute Gasteiger partial charge is 0.214 e. The molecule has 0 aliphatic heterocycles. The highest BCUT2D eigenvalue weighted by molar-refractivity contribution is 9.10. The molecule has 66 valence electrons. The van der Waals surface area contributed by atoms with Gasteiger partial charge >= 0.3 is 0 Å². The minimum atomic E-state index is -3.07. The summed E-state index contributed by atoms with van der Waals surface area (Å²) >= 11 is 2.87. The van der Waals surface area contributed by atoms with Crippen molar-refractivity contribution in [1.82, 2.24) is 4.72 Å². The first-order chi connectivity index (χ1) is 5.12. The van der Waals surface area contributed by atoms with Crippen LogP contribution in [0.25, 0.3) is 0 Å². The Labute approximate surface area is 76.1 Å². The Morgan fingerprint density at radius 2 is 2.18 bits per heavy atom. The van der Waals surface area contributed by atoms with Gasteiger partial charge in [-0.15, -0.1) is 0 Å². The molecule has 0 aromatic carbocycles. The molecule has 0 amide bonds. The number of sulfonamides is 1. The molecule has 0 aliphatic carbocycles. The highest BCUT2D eigenvalue weighted by Crippen LogP contribution is 1.91. The Balaban J connectivity index is 3.55. The van der Waals surface area contributed by atoms with E-state index in [1.807, 2.05) is 19.1 Å². The molecule has 0 heterocycles. The second-order valence-corrected chi connectivity index (χ2v) is 5.09. The van der Waals surface area contributed by atoms with Gasteiger partial charge in [-0.1, -0.05) is 28.1 Å². The minimum Gasteiger partial charge on any atom is -0.214 e. The standard InChI is InChI=1S/C6H12BrNO2S/c1-2-3-4-5-8-11(9,10)6-7/h2-3,8H,4-6H2,1H3/b3-2+. The average molecular weight is 242 g/mol. The molecule has 0 atom stereocenters. The van der Waals surface area contributed by atoms with Crippen LogP contribution in [0.5, 0.6) is 0 Å². The Bertz CT molecular complexity index is 211. The molecule has 0 aliphatic rings. The van der Waals surface area contributed by atoms with Gasteiger partial charge < -0.3 is 0 Å². The third kappa shape index (κ3) is 6.52. The van der Waals surface area contributed by atoms with Crippen molar-refractivity contribution in [1.29, 1.82) is 0 Å². The first-order valence-electron chi connectivity index (χ1n) is 3.27. The summed E-state index contributed by atoms with van der Waals surface area (Å²) in [6.07, 6.45) is 4.54. The van der Waals surface area contributed by atoms with Crippen molar-refractivity contribution in [2.75, 3.05) is 11.2 Å². The first-order valence-corrected chi connectivity index (χ1v) is 6.04. The number of hydrogen-bond acceptors (Lipinski definition) is 2. The lowest BCUT2D eigenvalue weighted by atomic mass is 10.4. The van der Waals surface area contributed by atoms with Crippen molar-refractivity contribution in [2.24, 2.45) is 0 Å². The van der Waals surface area contributed by atoms with Crippen LogP contribution in [0.3, 0.4) is 0 Å². The Morgan fingerprint density at radius 1 is 1.55 bits per heavy atom. The van der Waals surface area contributed by atoms with Crippen molar-refractivity contribution in [2.45, 2.75) is 13.3 Å². The first kappa shape index (κ1) is 11.1. The zero-order chi connectivity index (χ0) is 8.74. The number of alkyl halides is 1. The fourth-order valence-corrected chi connectivity index (χ4v) is 1.49. The third-order valence-electron chi connectivity index (χ3n) is 1.01. The molecule has 5 heteroatoms. The summed E-state index contributed by atoms with van der Waals surface area (Å²) in [5.41, 5.74) is 0. The van der Waals surface area contributed by atoms with Crippen LogP contribution >= 0.6 is 15.9 Å². The summed E-state index contributed by atoms with van der Waals surface area (Å²) in [6.45, 7) is 2.37. The van der Waals surface area contributed by atoms with E-state index in [1.165, 1.54) is 0 Å². The molecule has 1 N–H and O–H groups in total. The van der Waals surface area contributed by atoms with Gasteiger partial charge in [0.05, 0.1) is 0 Å². The maximum absolute atomic E-state index is 10.8. The van der Waals surface area contributed by atoms with E-state index in [2.05, 4.69) is 20.7 Å². The maximum Gasteiger partial charge on any atom is 0.221 e. The fraction of sp³-hybridized carbons (Fsp3) is 0.667. The van der Waals surface area contributed by atoms with Gasteiger partial charge in [0.2, 0.25) is 10.0 Å². The fourth-order valence-electron chi connectivity index (χ4n) is 0.503. The van der Waals surface area contributed by atoms with Gasteiger partial charge in [0.15, 0.2) is 0 Å². The number of halogens is 1. The molecule has 0 fully saturated rings. The molecule has 3 nitrogen and oxygen atoms in total. The van der Waals surface area contributed by atoms with E-state index in [-0.39, 0.29) is 4.66 Å². The van der Waals surface area contributed by atoms with E-state index in [0.29, 0.717) is 6.54 Å². The van der Waals surface area contributed by atoms with Gasteiger partial charge in [0, 0.05) is 6.54 Å². The molecule has 0 spiro atoms. The lowest BCUT2D eigenvalue weighted by Crippen LogP contribution is -2.24. The Morgan fingerprint density at radius 3 is 2.64 bits per heavy atom. The largest absolute Gasteiger partial charge is 0.221 e. The van der Waals surface area contributed by atoms with Crippen molar-refractivity contribution in [3.8, 4) is 0 Å². The highest BCUT2D eigenvalue weighted by atomic mass is 79.9.